The van der Waals surface area contributed by atoms with Crippen LogP contribution in [0.15, 0.2) is 18.2 Å². The lowest BCUT2D eigenvalue weighted by Gasteiger charge is -2.28. The van der Waals surface area contributed by atoms with Gasteiger partial charge in [0.1, 0.15) is 17.9 Å². The van der Waals surface area contributed by atoms with Crippen molar-refractivity contribution in [1.82, 2.24) is 5.32 Å². The SMILES string of the molecule is CCCNC(C)(COc1cccc(C)c1C)C(=O)OCC. The summed E-state index contributed by atoms with van der Waals surface area (Å²) >= 11 is 0. The second-order valence-corrected chi connectivity index (χ2v) is 5.47. The maximum absolute atomic E-state index is 12.2. The highest BCUT2D eigenvalue weighted by Crippen LogP contribution is 2.22. The first-order valence-corrected chi connectivity index (χ1v) is 7.56. The predicted molar refractivity (Wildman–Crippen MR) is 84.7 cm³/mol. The topological polar surface area (TPSA) is 47.6 Å². The van der Waals surface area contributed by atoms with Crippen molar-refractivity contribution in [3.63, 3.8) is 0 Å². The Kier molecular flexibility index (Phi) is 6.69. The Labute approximate surface area is 127 Å². The van der Waals surface area contributed by atoms with Gasteiger partial charge >= 0.3 is 5.97 Å². The van der Waals surface area contributed by atoms with Crippen LogP contribution >= 0.6 is 0 Å². The van der Waals surface area contributed by atoms with Crippen LogP contribution in [0.2, 0.25) is 0 Å². The molecule has 4 nitrogen and oxygen atoms in total. The smallest absolute Gasteiger partial charge is 0.329 e. The molecule has 0 fully saturated rings. The number of carbonyl (C=O) groups is 1. The van der Waals surface area contributed by atoms with Gasteiger partial charge in [-0.25, -0.2) is 4.79 Å². The standard InChI is InChI=1S/C17H27NO3/c1-6-11-18-17(5,16(19)20-7-2)12-21-15-10-8-9-13(3)14(15)4/h8-10,18H,6-7,11-12H2,1-5H3. The van der Waals surface area contributed by atoms with Crippen LogP contribution in [0, 0.1) is 13.8 Å². The number of nitrogens with one attached hydrogen (secondary N) is 1. The molecule has 118 valence electrons. The fourth-order valence-corrected chi connectivity index (χ4v) is 1.98. The molecule has 0 aliphatic carbocycles. The number of aryl methyl sites for hydroxylation is 1. The van der Waals surface area contributed by atoms with Gasteiger partial charge in [0, 0.05) is 0 Å². The second kappa shape index (κ2) is 8.03. The summed E-state index contributed by atoms with van der Waals surface area (Å²) in [7, 11) is 0. The maximum Gasteiger partial charge on any atom is 0.329 e. The minimum absolute atomic E-state index is 0.246. The lowest BCUT2D eigenvalue weighted by molar-refractivity contribution is -0.151. The van der Waals surface area contributed by atoms with Gasteiger partial charge in [-0.1, -0.05) is 19.1 Å². The Morgan fingerprint density at radius 1 is 1.29 bits per heavy atom. The number of esters is 1. The van der Waals surface area contributed by atoms with E-state index in [0.717, 1.165) is 24.3 Å². The van der Waals surface area contributed by atoms with Crippen molar-refractivity contribution in [3.05, 3.63) is 29.3 Å². The highest BCUT2D eigenvalue weighted by molar-refractivity contribution is 5.80. The molecule has 0 aromatic heterocycles. The largest absolute Gasteiger partial charge is 0.491 e. The van der Waals surface area contributed by atoms with E-state index in [2.05, 4.69) is 12.2 Å². The molecule has 1 rings (SSSR count). The zero-order valence-corrected chi connectivity index (χ0v) is 13.8. The molecule has 0 radical (unpaired) electrons. The van der Waals surface area contributed by atoms with E-state index < -0.39 is 5.54 Å². The fraction of sp³-hybridized carbons (Fsp3) is 0.588. The van der Waals surface area contributed by atoms with Crippen LogP contribution in [0.25, 0.3) is 0 Å². The Bertz CT molecular complexity index is 473. The number of hydrogen-bond acceptors (Lipinski definition) is 4. The van der Waals surface area contributed by atoms with Crippen LogP contribution in [0.5, 0.6) is 5.75 Å². The third-order valence-electron chi connectivity index (χ3n) is 3.56. The van der Waals surface area contributed by atoms with Crippen LogP contribution < -0.4 is 10.1 Å². The lowest BCUT2D eigenvalue weighted by Crippen LogP contribution is -2.55. The minimum atomic E-state index is -0.831. The maximum atomic E-state index is 12.2. The van der Waals surface area contributed by atoms with Crippen molar-refractivity contribution in [2.24, 2.45) is 0 Å². The van der Waals surface area contributed by atoms with Crippen LogP contribution in [0.4, 0.5) is 0 Å². The molecule has 0 heterocycles. The molecule has 1 atom stereocenters. The Hall–Kier alpha value is -1.55. The quantitative estimate of drug-likeness (QED) is 0.749. The first-order chi connectivity index (χ1) is 9.94. The lowest BCUT2D eigenvalue weighted by atomic mass is 10.0. The third-order valence-corrected chi connectivity index (χ3v) is 3.56. The molecule has 0 aliphatic heterocycles. The molecular formula is C17H27NO3. The average Bonchev–Trinajstić information content (AvgIpc) is 2.47. The Morgan fingerprint density at radius 3 is 2.62 bits per heavy atom. The number of carbonyl (C=O) groups excluding carboxylic acids is 1. The van der Waals surface area contributed by atoms with Crippen molar-refractivity contribution in [3.8, 4) is 5.75 Å². The molecule has 21 heavy (non-hydrogen) atoms. The molecule has 0 bridgehead atoms. The van der Waals surface area contributed by atoms with Gasteiger partial charge in [-0.05, 0) is 57.9 Å². The van der Waals surface area contributed by atoms with E-state index in [1.807, 2.05) is 45.9 Å². The first kappa shape index (κ1) is 17.5. The second-order valence-electron chi connectivity index (χ2n) is 5.47. The molecule has 1 N–H and O–H groups in total. The van der Waals surface area contributed by atoms with Crippen LogP contribution in [-0.4, -0.2) is 31.3 Å². The molecule has 1 aromatic carbocycles. The van der Waals surface area contributed by atoms with E-state index in [4.69, 9.17) is 9.47 Å². The van der Waals surface area contributed by atoms with E-state index in [9.17, 15) is 4.79 Å². The summed E-state index contributed by atoms with van der Waals surface area (Å²) in [6, 6.07) is 5.93. The van der Waals surface area contributed by atoms with Gasteiger partial charge in [-0.2, -0.15) is 0 Å². The van der Waals surface area contributed by atoms with Gasteiger partial charge in [0.25, 0.3) is 0 Å². The molecule has 0 spiro atoms. The molecule has 0 amide bonds. The van der Waals surface area contributed by atoms with Gasteiger partial charge in [0.05, 0.1) is 6.61 Å². The molecule has 1 unspecified atom stereocenters. The van der Waals surface area contributed by atoms with Gasteiger partial charge in [-0.3, -0.25) is 5.32 Å². The normalized spacial score (nSPS) is 13.6. The zero-order valence-electron chi connectivity index (χ0n) is 13.8. The van der Waals surface area contributed by atoms with Crippen LogP contribution in [0.1, 0.15) is 38.3 Å². The number of rotatable bonds is 8. The average molecular weight is 293 g/mol. The molecule has 1 aromatic rings. The predicted octanol–water partition coefficient (Wildman–Crippen LogP) is 3.00. The van der Waals surface area contributed by atoms with E-state index in [1.165, 1.54) is 5.56 Å². The van der Waals surface area contributed by atoms with E-state index in [1.54, 1.807) is 0 Å². The summed E-state index contributed by atoms with van der Waals surface area (Å²) in [4.78, 5) is 12.2. The van der Waals surface area contributed by atoms with E-state index in [-0.39, 0.29) is 12.6 Å². The highest BCUT2D eigenvalue weighted by Gasteiger charge is 2.35. The summed E-state index contributed by atoms with van der Waals surface area (Å²) in [5.41, 5.74) is 1.44. The van der Waals surface area contributed by atoms with Gasteiger partial charge in [0.2, 0.25) is 0 Å². The molecular weight excluding hydrogens is 266 g/mol. The summed E-state index contributed by atoms with van der Waals surface area (Å²) in [6.07, 6.45) is 0.943. The summed E-state index contributed by atoms with van der Waals surface area (Å²) in [5.74, 6) is 0.535. The fourth-order valence-electron chi connectivity index (χ4n) is 1.98. The Morgan fingerprint density at radius 2 is 2.00 bits per heavy atom. The van der Waals surface area contributed by atoms with Crippen molar-refractivity contribution in [2.45, 2.75) is 46.6 Å². The molecule has 4 heteroatoms. The molecule has 0 saturated heterocycles. The van der Waals surface area contributed by atoms with Crippen molar-refractivity contribution < 1.29 is 14.3 Å². The van der Waals surface area contributed by atoms with E-state index >= 15 is 0 Å². The molecule has 0 aliphatic rings. The van der Waals surface area contributed by atoms with Gasteiger partial charge < -0.3 is 9.47 Å². The summed E-state index contributed by atoms with van der Waals surface area (Å²) in [6.45, 7) is 11.1. The van der Waals surface area contributed by atoms with Crippen LogP contribution in [0.3, 0.4) is 0 Å². The Balaban J connectivity index is 2.81. The van der Waals surface area contributed by atoms with E-state index in [0.29, 0.717) is 6.61 Å². The monoisotopic (exact) mass is 293 g/mol. The number of benzene rings is 1. The number of ether oxygens (including phenoxy) is 2. The van der Waals surface area contributed by atoms with Crippen molar-refractivity contribution >= 4 is 5.97 Å². The van der Waals surface area contributed by atoms with Crippen LogP contribution in [-0.2, 0) is 9.53 Å². The zero-order chi connectivity index (χ0) is 15.9. The first-order valence-electron chi connectivity index (χ1n) is 7.56. The van der Waals surface area contributed by atoms with Crippen molar-refractivity contribution in [2.75, 3.05) is 19.8 Å². The molecule has 0 saturated carbocycles. The highest BCUT2D eigenvalue weighted by atomic mass is 16.5. The summed E-state index contributed by atoms with van der Waals surface area (Å²) < 4.78 is 11.0. The minimum Gasteiger partial charge on any atom is -0.491 e. The van der Waals surface area contributed by atoms with Gasteiger partial charge in [-0.15, -0.1) is 0 Å². The third kappa shape index (κ3) is 4.74. The van der Waals surface area contributed by atoms with Crippen molar-refractivity contribution in [1.29, 1.82) is 0 Å². The summed E-state index contributed by atoms with van der Waals surface area (Å²) in [5, 5.41) is 3.24. The van der Waals surface area contributed by atoms with Gasteiger partial charge in [0.15, 0.2) is 0 Å². The number of hydrogen-bond donors (Lipinski definition) is 1.